The summed E-state index contributed by atoms with van der Waals surface area (Å²) in [6, 6.07) is 17.1. The molecule has 3 rings (SSSR count). The van der Waals surface area contributed by atoms with E-state index in [0.29, 0.717) is 12.1 Å². The number of carboxylic acid groups (broad SMARTS) is 1. The minimum Gasteiger partial charge on any atom is -0.465 e. The third kappa shape index (κ3) is 3.88. The largest absolute Gasteiger partial charge is 0.465 e. The van der Waals surface area contributed by atoms with Gasteiger partial charge in [-0.15, -0.1) is 0 Å². The Bertz CT molecular complexity index is 715. The molecular weight excluding hydrogens is 292 g/mol. The number of carbonyl (C=O) groups excluding carboxylic acids is 1. The second kappa shape index (κ2) is 6.52. The van der Waals surface area contributed by atoms with Crippen LogP contribution in [0.4, 0.5) is 4.79 Å². The van der Waals surface area contributed by atoms with Gasteiger partial charge in [0.05, 0.1) is 0 Å². The van der Waals surface area contributed by atoms with Gasteiger partial charge < -0.3 is 15.7 Å². The van der Waals surface area contributed by atoms with Crippen LogP contribution >= 0.6 is 0 Å². The molecule has 0 heterocycles. The maximum absolute atomic E-state index is 12.3. The molecule has 0 aromatic heterocycles. The van der Waals surface area contributed by atoms with Crippen LogP contribution in [-0.4, -0.2) is 23.1 Å². The summed E-state index contributed by atoms with van der Waals surface area (Å²) in [4.78, 5) is 22.9. The number of hydrogen-bond donors (Lipinski definition) is 3. The Morgan fingerprint density at radius 3 is 2.61 bits per heavy atom. The van der Waals surface area contributed by atoms with Gasteiger partial charge in [0.1, 0.15) is 0 Å². The molecule has 1 aliphatic rings. The third-order valence-electron chi connectivity index (χ3n) is 3.97. The van der Waals surface area contributed by atoms with Gasteiger partial charge in [-0.25, -0.2) is 4.79 Å². The summed E-state index contributed by atoms with van der Waals surface area (Å²) < 4.78 is 0. The van der Waals surface area contributed by atoms with Crippen LogP contribution in [0.25, 0.3) is 0 Å². The van der Waals surface area contributed by atoms with E-state index in [1.165, 1.54) is 0 Å². The van der Waals surface area contributed by atoms with Crippen molar-refractivity contribution in [1.29, 1.82) is 0 Å². The van der Waals surface area contributed by atoms with Crippen LogP contribution in [0.3, 0.4) is 0 Å². The monoisotopic (exact) mass is 310 g/mol. The van der Waals surface area contributed by atoms with Crippen LogP contribution in [0.1, 0.15) is 33.8 Å². The van der Waals surface area contributed by atoms with Crippen LogP contribution in [0.5, 0.6) is 0 Å². The van der Waals surface area contributed by atoms with Crippen LogP contribution in [-0.2, 0) is 6.54 Å². The number of amides is 2. The van der Waals surface area contributed by atoms with E-state index in [-0.39, 0.29) is 17.9 Å². The molecule has 5 heteroatoms. The number of hydrogen-bond acceptors (Lipinski definition) is 2. The molecule has 0 saturated heterocycles. The molecule has 1 aliphatic carbocycles. The lowest BCUT2D eigenvalue weighted by molar-refractivity contribution is 0.0950. The Labute approximate surface area is 134 Å². The smallest absolute Gasteiger partial charge is 0.404 e. The maximum atomic E-state index is 12.3. The van der Waals surface area contributed by atoms with Crippen molar-refractivity contribution >= 4 is 12.0 Å². The van der Waals surface area contributed by atoms with E-state index in [0.717, 1.165) is 17.5 Å². The molecule has 2 amide bonds. The molecule has 3 N–H and O–H groups in total. The van der Waals surface area contributed by atoms with Crippen molar-refractivity contribution in [3.8, 4) is 0 Å². The molecule has 0 radical (unpaired) electrons. The summed E-state index contributed by atoms with van der Waals surface area (Å²) in [5.74, 6) is 0.0343. The molecule has 5 nitrogen and oxygen atoms in total. The highest BCUT2D eigenvalue weighted by Crippen LogP contribution is 2.40. The summed E-state index contributed by atoms with van der Waals surface area (Å²) in [6.07, 6.45) is -0.226. The predicted octanol–water partition coefficient (Wildman–Crippen LogP) is 2.74. The van der Waals surface area contributed by atoms with Crippen LogP contribution in [0.2, 0.25) is 0 Å². The Balaban J connectivity index is 1.61. The SMILES string of the molecule is O=C(O)N[C@@H]1C[C@H]1c1cccc(C(=O)NCc2ccccc2)c1. The van der Waals surface area contributed by atoms with Crippen molar-refractivity contribution in [2.45, 2.75) is 24.9 Å². The first kappa shape index (κ1) is 15.1. The number of rotatable bonds is 5. The molecular formula is C18H18N2O3. The summed E-state index contributed by atoms with van der Waals surface area (Å²) in [5.41, 5.74) is 2.64. The minimum absolute atomic E-state index is 0.0462. The topological polar surface area (TPSA) is 78.4 Å². The van der Waals surface area contributed by atoms with E-state index in [1.807, 2.05) is 48.5 Å². The Hall–Kier alpha value is -2.82. The van der Waals surface area contributed by atoms with E-state index < -0.39 is 6.09 Å². The summed E-state index contributed by atoms with van der Waals surface area (Å²) >= 11 is 0. The van der Waals surface area contributed by atoms with Gasteiger partial charge in [0.15, 0.2) is 0 Å². The maximum Gasteiger partial charge on any atom is 0.404 e. The first-order valence-corrected chi connectivity index (χ1v) is 7.55. The van der Waals surface area contributed by atoms with E-state index in [9.17, 15) is 9.59 Å². The normalized spacial score (nSPS) is 19.0. The fourth-order valence-corrected chi connectivity index (χ4v) is 2.67. The molecule has 2 atom stereocenters. The lowest BCUT2D eigenvalue weighted by Crippen LogP contribution is -2.24. The molecule has 0 unspecified atom stereocenters. The summed E-state index contributed by atoms with van der Waals surface area (Å²) in [7, 11) is 0. The van der Waals surface area contributed by atoms with Crippen molar-refractivity contribution in [2.75, 3.05) is 0 Å². The van der Waals surface area contributed by atoms with E-state index in [1.54, 1.807) is 6.07 Å². The molecule has 23 heavy (non-hydrogen) atoms. The third-order valence-corrected chi connectivity index (χ3v) is 3.97. The van der Waals surface area contributed by atoms with Crippen molar-refractivity contribution < 1.29 is 14.7 Å². The average molecular weight is 310 g/mol. The quantitative estimate of drug-likeness (QED) is 0.794. The zero-order valence-electron chi connectivity index (χ0n) is 12.5. The van der Waals surface area contributed by atoms with Gasteiger partial charge in [0.2, 0.25) is 0 Å². The number of carbonyl (C=O) groups is 2. The van der Waals surface area contributed by atoms with Gasteiger partial charge in [-0.3, -0.25) is 4.79 Å². The fraction of sp³-hybridized carbons (Fsp3) is 0.222. The van der Waals surface area contributed by atoms with Gasteiger partial charge in [-0.2, -0.15) is 0 Å². The highest BCUT2D eigenvalue weighted by Gasteiger charge is 2.39. The molecule has 1 saturated carbocycles. The highest BCUT2D eigenvalue weighted by atomic mass is 16.4. The van der Waals surface area contributed by atoms with Crippen molar-refractivity contribution in [1.82, 2.24) is 10.6 Å². The Kier molecular flexibility index (Phi) is 4.28. The van der Waals surface area contributed by atoms with E-state index >= 15 is 0 Å². The van der Waals surface area contributed by atoms with Gasteiger partial charge in [-0.1, -0.05) is 42.5 Å². The number of nitrogens with one attached hydrogen (secondary N) is 2. The van der Waals surface area contributed by atoms with Crippen LogP contribution in [0.15, 0.2) is 54.6 Å². The fourth-order valence-electron chi connectivity index (χ4n) is 2.67. The lowest BCUT2D eigenvalue weighted by Gasteiger charge is -2.07. The summed E-state index contributed by atoms with van der Waals surface area (Å²) in [6.45, 7) is 0.483. The molecule has 0 aliphatic heterocycles. The van der Waals surface area contributed by atoms with E-state index in [4.69, 9.17) is 5.11 Å². The van der Waals surface area contributed by atoms with Gasteiger partial charge in [0.25, 0.3) is 5.91 Å². The minimum atomic E-state index is -1.01. The van der Waals surface area contributed by atoms with Gasteiger partial charge in [-0.05, 0) is 29.7 Å². The molecule has 2 aromatic rings. The zero-order chi connectivity index (χ0) is 16.2. The van der Waals surface area contributed by atoms with Crippen LogP contribution in [0, 0.1) is 0 Å². The van der Waals surface area contributed by atoms with Crippen molar-refractivity contribution in [2.24, 2.45) is 0 Å². The Morgan fingerprint density at radius 1 is 1.09 bits per heavy atom. The molecule has 0 bridgehead atoms. The van der Waals surface area contributed by atoms with Crippen molar-refractivity contribution in [3.05, 3.63) is 71.3 Å². The van der Waals surface area contributed by atoms with Gasteiger partial charge >= 0.3 is 6.09 Å². The first-order chi connectivity index (χ1) is 11.1. The Morgan fingerprint density at radius 2 is 1.87 bits per heavy atom. The lowest BCUT2D eigenvalue weighted by atomic mass is 10.1. The average Bonchev–Trinajstić information content (AvgIpc) is 3.32. The summed E-state index contributed by atoms with van der Waals surface area (Å²) in [5, 5.41) is 14.1. The predicted molar refractivity (Wildman–Crippen MR) is 86.4 cm³/mol. The number of benzene rings is 2. The van der Waals surface area contributed by atoms with Crippen molar-refractivity contribution in [3.63, 3.8) is 0 Å². The second-order valence-electron chi connectivity index (χ2n) is 5.69. The van der Waals surface area contributed by atoms with Crippen LogP contribution < -0.4 is 10.6 Å². The molecule has 1 fully saturated rings. The molecule has 2 aromatic carbocycles. The zero-order valence-corrected chi connectivity index (χ0v) is 12.5. The first-order valence-electron chi connectivity index (χ1n) is 7.55. The standard InChI is InChI=1S/C18H18N2O3/c21-17(19-11-12-5-2-1-3-6-12)14-8-4-7-13(9-14)15-10-16(15)20-18(22)23/h1-9,15-16,20H,10-11H2,(H,19,21)(H,22,23)/t15-,16+/m0/s1. The van der Waals surface area contributed by atoms with Gasteiger partial charge in [0, 0.05) is 24.1 Å². The highest BCUT2D eigenvalue weighted by molar-refractivity contribution is 5.94. The molecule has 118 valence electrons. The molecule has 0 spiro atoms. The van der Waals surface area contributed by atoms with E-state index in [2.05, 4.69) is 10.6 Å². The second-order valence-corrected chi connectivity index (χ2v) is 5.69.